The summed E-state index contributed by atoms with van der Waals surface area (Å²) in [6.45, 7) is 9.11. The van der Waals surface area contributed by atoms with Crippen molar-refractivity contribution in [1.29, 1.82) is 0 Å². The molecule has 0 spiro atoms. The largest absolute Gasteiger partial charge is 0.383 e. The Morgan fingerprint density at radius 3 is 2.43 bits per heavy atom. The van der Waals surface area contributed by atoms with Gasteiger partial charge in [-0.05, 0) is 47.8 Å². The van der Waals surface area contributed by atoms with Crippen molar-refractivity contribution < 1.29 is 4.74 Å². The smallest absolute Gasteiger partial charge is 0.160 e. The summed E-state index contributed by atoms with van der Waals surface area (Å²) in [6.07, 6.45) is 4.87. The third-order valence-corrected chi connectivity index (χ3v) is 5.12. The van der Waals surface area contributed by atoms with Gasteiger partial charge in [0.15, 0.2) is 5.82 Å². The molecule has 0 saturated heterocycles. The molecule has 1 atom stereocenters. The molecule has 1 aromatic rings. The normalized spacial score (nSPS) is 18.1. The fourth-order valence-corrected chi connectivity index (χ4v) is 3.65. The zero-order valence-electron chi connectivity index (χ0n) is 13.4. The van der Waals surface area contributed by atoms with Crippen LogP contribution in [-0.4, -0.2) is 16.6 Å². The molecule has 0 aromatic carbocycles. The van der Waals surface area contributed by atoms with Crippen molar-refractivity contribution >= 4 is 28.4 Å². The average Bonchev–Trinajstić information content (AvgIpc) is 2.91. The van der Waals surface area contributed by atoms with Gasteiger partial charge in [-0.25, -0.2) is 9.97 Å². The van der Waals surface area contributed by atoms with Crippen molar-refractivity contribution in [3.63, 3.8) is 0 Å². The number of nitrogen functional groups attached to an aromatic ring is 1. The molecule has 1 saturated carbocycles. The van der Waals surface area contributed by atoms with E-state index in [0.717, 1.165) is 15.1 Å². The van der Waals surface area contributed by atoms with Gasteiger partial charge in [-0.1, -0.05) is 33.6 Å². The predicted octanol–water partition coefficient (Wildman–Crippen LogP) is 4.44. The van der Waals surface area contributed by atoms with Crippen molar-refractivity contribution in [2.45, 2.75) is 65.4 Å². The third-order valence-electron chi connectivity index (χ3n) is 4.02. The first-order chi connectivity index (χ1) is 9.84. The Kier molecular flexibility index (Phi) is 5.46. The number of anilines is 1. The van der Waals surface area contributed by atoms with Gasteiger partial charge in [0, 0.05) is 12.5 Å². The Morgan fingerprint density at radius 2 is 1.90 bits per heavy atom. The second-order valence-electron chi connectivity index (χ2n) is 6.85. The van der Waals surface area contributed by atoms with Crippen molar-refractivity contribution in [2.75, 3.05) is 12.3 Å². The summed E-state index contributed by atoms with van der Waals surface area (Å²) < 4.78 is 6.94. The monoisotopic (exact) mass is 403 g/mol. The fourth-order valence-electron chi connectivity index (χ4n) is 2.97. The summed E-state index contributed by atoms with van der Waals surface area (Å²) in [5.41, 5.74) is 7.23. The molecule has 2 N–H and O–H groups in total. The molecule has 5 heteroatoms. The molecule has 118 valence electrons. The van der Waals surface area contributed by atoms with Crippen LogP contribution in [0.5, 0.6) is 0 Å². The van der Waals surface area contributed by atoms with E-state index in [-0.39, 0.29) is 11.5 Å². The van der Waals surface area contributed by atoms with E-state index in [4.69, 9.17) is 15.5 Å². The van der Waals surface area contributed by atoms with E-state index in [1.54, 1.807) is 0 Å². The number of aromatic nitrogens is 2. The minimum Gasteiger partial charge on any atom is -0.383 e. The Balaban J connectivity index is 2.43. The van der Waals surface area contributed by atoms with E-state index in [9.17, 15) is 0 Å². The summed E-state index contributed by atoms with van der Waals surface area (Å²) in [5, 5.41) is 0. The van der Waals surface area contributed by atoms with Gasteiger partial charge in [0.05, 0.1) is 9.26 Å². The van der Waals surface area contributed by atoms with E-state index < -0.39 is 0 Å². The van der Waals surface area contributed by atoms with E-state index in [1.165, 1.54) is 25.7 Å². The van der Waals surface area contributed by atoms with Crippen LogP contribution in [0.3, 0.4) is 0 Å². The van der Waals surface area contributed by atoms with Gasteiger partial charge in [-0.15, -0.1) is 0 Å². The Morgan fingerprint density at radius 1 is 1.29 bits per heavy atom. The predicted molar refractivity (Wildman–Crippen MR) is 94.2 cm³/mol. The molecule has 1 heterocycles. The third kappa shape index (κ3) is 3.86. The highest BCUT2D eigenvalue weighted by Crippen LogP contribution is 2.39. The summed E-state index contributed by atoms with van der Waals surface area (Å²) in [7, 11) is 0. The molecule has 0 bridgehead atoms. The lowest BCUT2D eigenvalue weighted by Crippen LogP contribution is -2.25. The topological polar surface area (TPSA) is 61.0 Å². The maximum absolute atomic E-state index is 6.15. The quantitative estimate of drug-likeness (QED) is 0.755. The molecule has 0 radical (unpaired) electrons. The molecule has 1 aliphatic rings. The lowest BCUT2D eigenvalue weighted by Gasteiger charge is -2.30. The van der Waals surface area contributed by atoms with Gasteiger partial charge in [0.2, 0.25) is 0 Å². The van der Waals surface area contributed by atoms with Crippen molar-refractivity contribution in [2.24, 2.45) is 5.41 Å². The molecule has 1 aromatic heterocycles. The summed E-state index contributed by atoms with van der Waals surface area (Å²) in [5.74, 6) is 1.86. The highest BCUT2D eigenvalue weighted by atomic mass is 127. The van der Waals surface area contributed by atoms with Crippen LogP contribution >= 0.6 is 22.6 Å². The number of nitrogens with two attached hydrogens (primary N) is 1. The number of rotatable bonds is 4. The molecular formula is C16H26IN3O. The number of nitrogens with zero attached hydrogens (tertiary/aromatic N) is 2. The first-order valence-electron chi connectivity index (χ1n) is 7.79. The van der Waals surface area contributed by atoms with Crippen LogP contribution < -0.4 is 5.73 Å². The fraction of sp³-hybridized carbons (Fsp3) is 0.750. The highest BCUT2D eigenvalue weighted by molar-refractivity contribution is 14.1. The van der Waals surface area contributed by atoms with E-state index in [2.05, 4.69) is 48.3 Å². The maximum atomic E-state index is 6.15. The van der Waals surface area contributed by atoms with Gasteiger partial charge in [-0.2, -0.15) is 0 Å². The Bertz CT molecular complexity index is 493. The van der Waals surface area contributed by atoms with Crippen LogP contribution in [0.1, 0.15) is 76.9 Å². The maximum Gasteiger partial charge on any atom is 0.160 e. The molecule has 1 aliphatic carbocycles. The zero-order valence-corrected chi connectivity index (χ0v) is 15.6. The second-order valence-corrected chi connectivity index (χ2v) is 7.93. The molecule has 4 nitrogen and oxygen atoms in total. The molecule has 0 amide bonds. The van der Waals surface area contributed by atoms with Crippen LogP contribution in [0.25, 0.3) is 0 Å². The van der Waals surface area contributed by atoms with Gasteiger partial charge in [0.25, 0.3) is 0 Å². The Hall–Kier alpha value is -0.430. The van der Waals surface area contributed by atoms with Gasteiger partial charge >= 0.3 is 0 Å². The minimum absolute atomic E-state index is 0.0534. The van der Waals surface area contributed by atoms with Crippen molar-refractivity contribution in [3.05, 3.63) is 15.1 Å². The van der Waals surface area contributed by atoms with Crippen molar-refractivity contribution in [3.8, 4) is 0 Å². The number of halogens is 1. The highest BCUT2D eigenvalue weighted by Gasteiger charge is 2.32. The first kappa shape index (κ1) is 16.9. The zero-order chi connectivity index (χ0) is 15.6. The first-order valence-corrected chi connectivity index (χ1v) is 8.86. The average molecular weight is 403 g/mol. The molecule has 2 rings (SSSR count). The van der Waals surface area contributed by atoms with Gasteiger partial charge in [-0.3, -0.25) is 0 Å². The number of hydrogen-bond acceptors (Lipinski definition) is 4. The lowest BCUT2D eigenvalue weighted by molar-refractivity contribution is -0.0192. The van der Waals surface area contributed by atoms with Crippen LogP contribution in [0, 0.1) is 8.99 Å². The van der Waals surface area contributed by atoms with Crippen LogP contribution in [-0.2, 0) is 4.74 Å². The second kappa shape index (κ2) is 6.77. The minimum atomic E-state index is -0.123. The number of ether oxygens (including phenoxy) is 1. The molecule has 1 unspecified atom stereocenters. The number of hydrogen-bond donors (Lipinski definition) is 1. The lowest BCUT2D eigenvalue weighted by atomic mass is 9.88. The molecule has 21 heavy (non-hydrogen) atoms. The van der Waals surface area contributed by atoms with E-state index >= 15 is 0 Å². The van der Waals surface area contributed by atoms with Gasteiger partial charge < -0.3 is 10.5 Å². The summed E-state index contributed by atoms with van der Waals surface area (Å²) in [4.78, 5) is 9.40. The van der Waals surface area contributed by atoms with Crippen LogP contribution in [0.15, 0.2) is 0 Å². The summed E-state index contributed by atoms with van der Waals surface area (Å²) in [6, 6.07) is 0. The van der Waals surface area contributed by atoms with Crippen LogP contribution in [0.4, 0.5) is 5.82 Å². The standard InChI is InChI=1S/C16H26IN3O/c1-5-21-13(16(2,3)4)15-19-12(10-8-6-7-9-10)11(17)14(18)20-15/h10,13H,5-9H2,1-4H3,(H2,18,19,20). The van der Waals surface area contributed by atoms with E-state index in [0.29, 0.717) is 18.3 Å². The SMILES string of the molecule is CCOC(c1nc(N)c(I)c(C2CCCC2)n1)C(C)(C)C. The Labute approximate surface area is 141 Å². The van der Waals surface area contributed by atoms with E-state index in [1.807, 2.05) is 6.92 Å². The van der Waals surface area contributed by atoms with Crippen molar-refractivity contribution in [1.82, 2.24) is 9.97 Å². The molecular weight excluding hydrogens is 377 g/mol. The summed E-state index contributed by atoms with van der Waals surface area (Å²) >= 11 is 2.29. The molecule has 0 aliphatic heterocycles. The van der Waals surface area contributed by atoms with Crippen LogP contribution in [0.2, 0.25) is 0 Å². The van der Waals surface area contributed by atoms with Gasteiger partial charge in [0.1, 0.15) is 11.9 Å². The molecule has 1 fully saturated rings.